The van der Waals surface area contributed by atoms with Gasteiger partial charge in [0.15, 0.2) is 11.6 Å². The van der Waals surface area contributed by atoms with Crippen molar-refractivity contribution in [2.45, 2.75) is 13.0 Å². The lowest BCUT2D eigenvalue weighted by Gasteiger charge is -2.38. The lowest BCUT2D eigenvalue weighted by atomic mass is 10.1. The van der Waals surface area contributed by atoms with Crippen LogP contribution in [0.2, 0.25) is 0 Å². The summed E-state index contributed by atoms with van der Waals surface area (Å²) in [6, 6.07) is 10.7. The second-order valence-corrected chi connectivity index (χ2v) is 5.60. The summed E-state index contributed by atoms with van der Waals surface area (Å²) in [4.78, 5) is 8.97. The second-order valence-electron chi connectivity index (χ2n) is 5.60. The molecule has 24 heavy (non-hydrogen) atoms. The van der Waals surface area contributed by atoms with Crippen LogP contribution in [-0.4, -0.2) is 46.6 Å². The first-order chi connectivity index (χ1) is 10.6. The average molecular weight is 356 g/mol. The fourth-order valence-corrected chi connectivity index (χ4v) is 2.87. The SMILES string of the molecule is CC(c1ccc(O)c(F)c1)N1CCN(c2ccccn2)CC1.Cl.O. The minimum atomic E-state index is -0.559. The van der Waals surface area contributed by atoms with Crippen molar-refractivity contribution < 1.29 is 15.0 Å². The van der Waals surface area contributed by atoms with Gasteiger partial charge in [-0.05, 0) is 36.8 Å². The van der Waals surface area contributed by atoms with E-state index in [-0.39, 0.29) is 29.7 Å². The molecule has 3 rings (SSSR count). The summed E-state index contributed by atoms with van der Waals surface area (Å²) in [5, 5.41) is 9.29. The zero-order chi connectivity index (χ0) is 15.5. The summed E-state index contributed by atoms with van der Waals surface area (Å²) in [6.45, 7) is 5.69. The van der Waals surface area contributed by atoms with Gasteiger partial charge in [0.2, 0.25) is 0 Å². The van der Waals surface area contributed by atoms with Crippen LogP contribution in [-0.2, 0) is 0 Å². The molecule has 1 saturated heterocycles. The van der Waals surface area contributed by atoms with Gasteiger partial charge in [0.25, 0.3) is 0 Å². The number of pyridine rings is 1. The summed E-state index contributed by atoms with van der Waals surface area (Å²) in [7, 11) is 0. The molecule has 0 amide bonds. The molecule has 1 aliphatic heterocycles. The van der Waals surface area contributed by atoms with E-state index in [0.29, 0.717) is 0 Å². The van der Waals surface area contributed by atoms with Crippen LogP contribution in [0.25, 0.3) is 0 Å². The molecule has 7 heteroatoms. The second kappa shape index (κ2) is 8.82. The van der Waals surface area contributed by atoms with E-state index in [1.54, 1.807) is 6.07 Å². The van der Waals surface area contributed by atoms with E-state index in [2.05, 4.69) is 21.7 Å². The van der Waals surface area contributed by atoms with E-state index in [1.165, 1.54) is 12.1 Å². The Morgan fingerprint density at radius 1 is 1.12 bits per heavy atom. The van der Waals surface area contributed by atoms with Gasteiger partial charge in [-0.25, -0.2) is 9.37 Å². The number of phenols is 1. The first kappa shape index (κ1) is 20.2. The number of aromatic nitrogens is 1. The molecule has 1 aromatic carbocycles. The van der Waals surface area contributed by atoms with Crippen LogP contribution < -0.4 is 4.90 Å². The van der Waals surface area contributed by atoms with Crippen molar-refractivity contribution >= 4 is 18.2 Å². The van der Waals surface area contributed by atoms with Gasteiger partial charge in [0.05, 0.1) is 0 Å². The number of benzene rings is 1. The summed E-state index contributed by atoms with van der Waals surface area (Å²) in [5.74, 6) is 0.151. The Labute approximate surface area is 147 Å². The maximum Gasteiger partial charge on any atom is 0.165 e. The number of phenolic OH excluding ortho intramolecular Hbond substituents is 1. The Balaban J connectivity index is 0.00000144. The monoisotopic (exact) mass is 355 g/mol. The Kier molecular flexibility index (Phi) is 7.41. The van der Waals surface area contributed by atoms with Crippen molar-refractivity contribution in [3.63, 3.8) is 0 Å². The van der Waals surface area contributed by atoms with E-state index in [0.717, 1.165) is 37.6 Å². The maximum atomic E-state index is 13.5. The van der Waals surface area contributed by atoms with Crippen LogP contribution in [0.15, 0.2) is 42.6 Å². The molecule has 132 valence electrons. The highest BCUT2D eigenvalue weighted by molar-refractivity contribution is 5.85. The zero-order valence-electron chi connectivity index (χ0n) is 13.5. The lowest BCUT2D eigenvalue weighted by molar-refractivity contribution is 0.198. The highest BCUT2D eigenvalue weighted by atomic mass is 35.5. The topological polar surface area (TPSA) is 71.1 Å². The van der Waals surface area contributed by atoms with Crippen LogP contribution in [0.4, 0.5) is 10.2 Å². The Bertz CT molecular complexity index is 637. The van der Waals surface area contributed by atoms with Gasteiger partial charge in [-0.1, -0.05) is 12.1 Å². The fourth-order valence-electron chi connectivity index (χ4n) is 2.87. The summed E-state index contributed by atoms with van der Waals surface area (Å²) >= 11 is 0. The normalized spacial score (nSPS) is 16.0. The number of anilines is 1. The van der Waals surface area contributed by atoms with Crippen LogP contribution in [0.5, 0.6) is 5.75 Å². The molecule has 1 unspecified atom stereocenters. The Morgan fingerprint density at radius 2 is 1.83 bits per heavy atom. The van der Waals surface area contributed by atoms with E-state index in [9.17, 15) is 9.50 Å². The van der Waals surface area contributed by atoms with E-state index in [1.807, 2.05) is 24.4 Å². The van der Waals surface area contributed by atoms with Gasteiger partial charge in [-0.15, -0.1) is 12.4 Å². The highest BCUT2D eigenvalue weighted by Gasteiger charge is 2.23. The number of hydrogen-bond donors (Lipinski definition) is 1. The molecule has 1 fully saturated rings. The molecule has 0 radical (unpaired) electrons. The molecule has 0 bridgehead atoms. The zero-order valence-corrected chi connectivity index (χ0v) is 14.3. The van der Waals surface area contributed by atoms with Crippen LogP contribution in [0, 0.1) is 5.82 Å². The third kappa shape index (κ3) is 4.35. The Morgan fingerprint density at radius 3 is 2.42 bits per heavy atom. The highest BCUT2D eigenvalue weighted by Crippen LogP contribution is 2.26. The van der Waals surface area contributed by atoms with E-state index in [4.69, 9.17) is 0 Å². The molecular formula is C17H23ClFN3O2. The lowest BCUT2D eigenvalue weighted by Crippen LogP contribution is -2.47. The quantitative estimate of drug-likeness (QED) is 0.917. The largest absolute Gasteiger partial charge is 0.505 e. The number of aromatic hydroxyl groups is 1. The van der Waals surface area contributed by atoms with Gasteiger partial charge in [0, 0.05) is 38.4 Å². The number of piperazine rings is 1. The molecule has 3 N–H and O–H groups in total. The summed E-state index contributed by atoms with van der Waals surface area (Å²) < 4.78 is 13.5. The molecule has 2 heterocycles. The van der Waals surface area contributed by atoms with Crippen molar-refractivity contribution in [1.29, 1.82) is 0 Å². The van der Waals surface area contributed by atoms with Crippen molar-refractivity contribution in [3.8, 4) is 5.75 Å². The van der Waals surface area contributed by atoms with Crippen molar-refractivity contribution in [2.75, 3.05) is 31.1 Å². The predicted octanol–water partition coefficient (Wildman–Crippen LogP) is 2.41. The average Bonchev–Trinajstić information content (AvgIpc) is 2.58. The van der Waals surface area contributed by atoms with Gasteiger partial charge in [0.1, 0.15) is 5.82 Å². The maximum absolute atomic E-state index is 13.5. The number of rotatable bonds is 3. The van der Waals surface area contributed by atoms with E-state index < -0.39 is 5.82 Å². The molecule has 0 spiro atoms. The molecule has 1 atom stereocenters. The van der Waals surface area contributed by atoms with Crippen molar-refractivity contribution in [2.24, 2.45) is 0 Å². The molecule has 1 aliphatic rings. The third-order valence-electron chi connectivity index (χ3n) is 4.29. The smallest absolute Gasteiger partial charge is 0.165 e. The number of halogens is 2. The molecule has 5 nitrogen and oxygen atoms in total. The standard InChI is InChI=1S/C17H20FN3O.ClH.H2O/c1-13(14-5-6-16(22)15(18)12-14)20-8-10-21(11-9-20)17-4-2-3-7-19-17;;/h2-7,12-13,22H,8-11H2,1H3;1H;1H2. The molecule has 2 aromatic rings. The number of hydrogen-bond acceptors (Lipinski definition) is 4. The van der Waals surface area contributed by atoms with Gasteiger partial charge in [-0.2, -0.15) is 0 Å². The van der Waals surface area contributed by atoms with Crippen molar-refractivity contribution in [3.05, 3.63) is 54.0 Å². The molecule has 1 aromatic heterocycles. The van der Waals surface area contributed by atoms with Gasteiger partial charge in [-0.3, -0.25) is 4.90 Å². The first-order valence-electron chi connectivity index (χ1n) is 7.53. The van der Waals surface area contributed by atoms with Crippen LogP contribution >= 0.6 is 12.4 Å². The van der Waals surface area contributed by atoms with Crippen LogP contribution in [0.3, 0.4) is 0 Å². The third-order valence-corrected chi connectivity index (χ3v) is 4.29. The summed E-state index contributed by atoms with van der Waals surface area (Å²) in [5.41, 5.74) is 0.890. The number of nitrogens with zero attached hydrogens (tertiary/aromatic N) is 3. The van der Waals surface area contributed by atoms with Crippen molar-refractivity contribution in [1.82, 2.24) is 9.88 Å². The minimum absolute atomic E-state index is 0. The van der Waals surface area contributed by atoms with Crippen LogP contribution in [0.1, 0.15) is 18.5 Å². The van der Waals surface area contributed by atoms with E-state index >= 15 is 0 Å². The van der Waals surface area contributed by atoms with Gasteiger partial charge >= 0.3 is 0 Å². The van der Waals surface area contributed by atoms with Gasteiger partial charge < -0.3 is 15.5 Å². The fraction of sp³-hybridized carbons (Fsp3) is 0.353. The first-order valence-corrected chi connectivity index (χ1v) is 7.53. The Hall–Kier alpha value is -1.89. The molecule has 0 saturated carbocycles. The predicted molar refractivity (Wildman–Crippen MR) is 95.4 cm³/mol. The summed E-state index contributed by atoms with van der Waals surface area (Å²) in [6.07, 6.45) is 1.81. The molecular weight excluding hydrogens is 333 g/mol. The molecule has 0 aliphatic carbocycles. The minimum Gasteiger partial charge on any atom is -0.505 e.